The number of rotatable bonds is 5. The predicted molar refractivity (Wildman–Crippen MR) is 69.4 cm³/mol. The Bertz CT molecular complexity index is 396. The van der Waals surface area contributed by atoms with Crippen molar-refractivity contribution >= 4 is 29.2 Å². The zero-order valence-corrected chi connectivity index (χ0v) is 11.4. The van der Waals surface area contributed by atoms with Crippen LogP contribution in [-0.2, 0) is 16.1 Å². The van der Waals surface area contributed by atoms with E-state index in [1.165, 1.54) is 7.11 Å². The molecule has 0 N–H and O–H groups in total. The van der Waals surface area contributed by atoms with E-state index in [9.17, 15) is 4.79 Å². The van der Waals surface area contributed by atoms with Gasteiger partial charge in [-0.3, -0.25) is 9.69 Å². The molecule has 0 unspecified atom stereocenters. The summed E-state index contributed by atoms with van der Waals surface area (Å²) in [5.74, 6) is -0.259. The fourth-order valence-corrected chi connectivity index (χ4v) is 1.80. The monoisotopic (exact) mass is 275 g/mol. The molecule has 0 aliphatic rings. The molecule has 0 fully saturated rings. The van der Waals surface area contributed by atoms with Crippen molar-refractivity contribution in [3.8, 4) is 0 Å². The summed E-state index contributed by atoms with van der Waals surface area (Å²) >= 11 is 12.0. The molecule has 1 aromatic carbocycles. The zero-order chi connectivity index (χ0) is 12.8. The second-order valence-corrected chi connectivity index (χ2v) is 4.46. The third-order valence-electron chi connectivity index (χ3n) is 2.43. The highest BCUT2D eigenvalue weighted by atomic mass is 35.5. The lowest BCUT2D eigenvalue weighted by molar-refractivity contribution is -0.142. The standard InChI is InChI=1S/C12H15Cl2NO2/c1-3-15(8-12(16)17-2)7-9-6-10(13)4-5-11(9)14/h4-6H,3,7-8H2,1-2H3. The van der Waals surface area contributed by atoms with Crippen LogP contribution in [0.2, 0.25) is 10.0 Å². The van der Waals surface area contributed by atoms with Crippen molar-refractivity contribution in [1.82, 2.24) is 4.90 Å². The van der Waals surface area contributed by atoms with Gasteiger partial charge >= 0.3 is 5.97 Å². The number of carbonyl (C=O) groups is 1. The first-order chi connectivity index (χ1) is 8.06. The first-order valence-electron chi connectivity index (χ1n) is 5.30. The highest BCUT2D eigenvalue weighted by Crippen LogP contribution is 2.21. The molecule has 0 radical (unpaired) electrons. The van der Waals surface area contributed by atoms with Gasteiger partial charge in [0.25, 0.3) is 0 Å². The minimum atomic E-state index is -0.259. The molecule has 3 nitrogen and oxygen atoms in total. The van der Waals surface area contributed by atoms with Gasteiger partial charge in [0, 0.05) is 16.6 Å². The number of carbonyl (C=O) groups excluding carboxylic acids is 1. The molecular formula is C12H15Cl2NO2. The SMILES string of the molecule is CCN(CC(=O)OC)Cc1cc(Cl)ccc1Cl. The van der Waals surface area contributed by atoms with Gasteiger partial charge in [0.15, 0.2) is 0 Å². The van der Waals surface area contributed by atoms with Crippen LogP contribution in [0, 0.1) is 0 Å². The Labute approximate surface area is 111 Å². The topological polar surface area (TPSA) is 29.5 Å². The maximum Gasteiger partial charge on any atom is 0.319 e. The van der Waals surface area contributed by atoms with Gasteiger partial charge < -0.3 is 4.74 Å². The summed E-state index contributed by atoms with van der Waals surface area (Å²) in [6.07, 6.45) is 0. The van der Waals surface area contributed by atoms with E-state index in [0.29, 0.717) is 16.6 Å². The summed E-state index contributed by atoms with van der Waals surface area (Å²) < 4.78 is 4.63. The molecule has 0 bridgehead atoms. The Morgan fingerprint density at radius 1 is 1.41 bits per heavy atom. The van der Waals surface area contributed by atoms with Crippen LogP contribution in [-0.4, -0.2) is 31.1 Å². The number of methoxy groups -OCH3 is 1. The van der Waals surface area contributed by atoms with E-state index in [-0.39, 0.29) is 12.5 Å². The lowest BCUT2D eigenvalue weighted by Gasteiger charge is -2.19. The van der Waals surface area contributed by atoms with Gasteiger partial charge in [-0.25, -0.2) is 0 Å². The normalized spacial score (nSPS) is 10.6. The highest BCUT2D eigenvalue weighted by Gasteiger charge is 2.11. The Kier molecular flexibility index (Phi) is 5.75. The molecule has 5 heteroatoms. The number of hydrogen-bond acceptors (Lipinski definition) is 3. The van der Waals surface area contributed by atoms with E-state index in [1.807, 2.05) is 17.9 Å². The number of ether oxygens (including phenoxy) is 1. The smallest absolute Gasteiger partial charge is 0.319 e. The van der Waals surface area contributed by atoms with Crippen LogP contribution < -0.4 is 0 Å². The third-order valence-corrected chi connectivity index (χ3v) is 3.03. The van der Waals surface area contributed by atoms with E-state index < -0.39 is 0 Å². The first kappa shape index (κ1) is 14.3. The molecule has 0 aliphatic carbocycles. The average molecular weight is 276 g/mol. The highest BCUT2D eigenvalue weighted by molar-refractivity contribution is 6.33. The Morgan fingerprint density at radius 2 is 2.12 bits per heavy atom. The van der Waals surface area contributed by atoms with Crippen molar-refractivity contribution in [2.45, 2.75) is 13.5 Å². The second-order valence-electron chi connectivity index (χ2n) is 3.62. The third kappa shape index (κ3) is 4.54. The van der Waals surface area contributed by atoms with Crippen LogP contribution in [0.25, 0.3) is 0 Å². The van der Waals surface area contributed by atoms with Crippen LogP contribution in [0.1, 0.15) is 12.5 Å². The van der Waals surface area contributed by atoms with E-state index in [0.717, 1.165) is 12.1 Å². The summed E-state index contributed by atoms with van der Waals surface area (Å²) in [5.41, 5.74) is 0.907. The summed E-state index contributed by atoms with van der Waals surface area (Å²) in [6, 6.07) is 5.30. The van der Waals surface area contributed by atoms with Crippen LogP contribution in [0.15, 0.2) is 18.2 Å². The van der Waals surface area contributed by atoms with Crippen molar-refractivity contribution < 1.29 is 9.53 Å². The van der Waals surface area contributed by atoms with Crippen LogP contribution in [0.4, 0.5) is 0 Å². The van der Waals surface area contributed by atoms with E-state index >= 15 is 0 Å². The molecule has 0 saturated carbocycles. The summed E-state index contributed by atoms with van der Waals surface area (Å²) in [7, 11) is 1.38. The quantitative estimate of drug-likeness (QED) is 0.774. The largest absolute Gasteiger partial charge is 0.468 e. The van der Waals surface area contributed by atoms with Gasteiger partial charge in [-0.05, 0) is 30.3 Å². The van der Waals surface area contributed by atoms with Gasteiger partial charge in [0.2, 0.25) is 0 Å². The molecule has 17 heavy (non-hydrogen) atoms. The molecule has 0 heterocycles. The van der Waals surface area contributed by atoms with Gasteiger partial charge in [-0.1, -0.05) is 30.1 Å². The summed E-state index contributed by atoms with van der Waals surface area (Å²) in [6.45, 7) is 3.53. The van der Waals surface area contributed by atoms with E-state index in [1.54, 1.807) is 12.1 Å². The minimum absolute atomic E-state index is 0.246. The maximum absolute atomic E-state index is 11.2. The molecule has 0 atom stereocenters. The maximum atomic E-state index is 11.2. The fourth-order valence-electron chi connectivity index (χ4n) is 1.43. The minimum Gasteiger partial charge on any atom is -0.468 e. The lowest BCUT2D eigenvalue weighted by Crippen LogP contribution is -2.30. The van der Waals surface area contributed by atoms with Gasteiger partial charge in [-0.15, -0.1) is 0 Å². The molecular weight excluding hydrogens is 261 g/mol. The number of benzene rings is 1. The van der Waals surface area contributed by atoms with Gasteiger partial charge in [0.05, 0.1) is 13.7 Å². The molecule has 0 amide bonds. The van der Waals surface area contributed by atoms with E-state index in [2.05, 4.69) is 4.74 Å². The van der Waals surface area contributed by atoms with Crippen LogP contribution in [0.3, 0.4) is 0 Å². The molecule has 0 aromatic heterocycles. The van der Waals surface area contributed by atoms with Gasteiger partial charge in [-0.2, -0.15) is 0 Å². The van der Waals surface area contributed by atoms with E-state index in [4.69, 9.17) is 23.2 Å². The molecule has 0 saturated heterocycles. The number of nitrogens with zero attached hydrogens (tertiary/aromatic N) is 1. The first-order valence-corrected chi connectivity index (χ1v) is 6.05. The van der Waals surface area contributed by atoms with Crippen molar-refractivity contribution in [3.05, 3.63) is 33.8 Å². The average Bonchev–Trinajstić information content (AvgIpc) is 2.32. The molecule has 1 rings (SSSR count). The van der Waals surface area contributed by atoms with Crippen LogP contribution in [0.5, 0.6) is 0 Å². The molecule has 0 spiro atoms. The molecule has 94 valence electrons. The Morgan fingerprint density at radius 3 is 2.71 bits per heavy atom. The second kappa shape index (κ2) is 6.84. The Hall–Kier alpha value is -0.770. The molecule has 1 aromatic rings. The van der Waals surface area contributed by atoms with Crippen molar-refractivity contribution in [2.75, 3.05) is 20.2 Å². The predicted octanol–water partition coefficient (Wildman–Crippen LogP) is 2.99. The number of esters is 1. The zero-order valence-electron chi connectivity index (χ0n) is 9.87. The Balaban J connectivity index is 2.73. The van der Waals surface area contributed by atoms with Crippen molar-refractivity contribution in [3.63, 3.8) is 0 Å². The number of hydrogen-bond donors (Lipinski definition) is 0. The fraction of sp³-hybridized carbons (Fsp3) is 0.417. The number of likely N-dealkylation sites (N-methyl/N-ethyl adjacent to an activating group) is 1. The summed E-state index contributed by atoms with van der Waals surface area (Å²) in [5, 5.41) is 1.29. The van der Waals surface area contributed by atoms with Crippen LogP contribution >= 0.6 is 23.2 Å². The molecule has 0 aliphatic heterocycles. The van der Waals surface area contributed by atoms with Gasteiger partial charge in [0.1, 0.15) is 0 Å². The lowest BCUT2D eigenvalue weighted by atomic mass is 10.2. The number of halogens is 2. The van der Waals surface area contributed by atoms with Crippen molar-refractivity contribution in [1.29, 1.82) is 0 Å². The van der Waals surface area contributed by atoms with Crippen molar-refractivity contribution in [2.24, 2.45) is 0 Å². The summed E-state index contributed by atoms with van der Waals surface area (Å²) in [4.78, 5) is 13.1.